The third-order valence-corrected chi connectivity index (χ3v) is 3.34. The van der Waals surface area contributed by atoms with Gasteiger partial charge in [-0.1, -0.05) is 31.5 Å². The number of likely N-dealkylation sites (tertiary alicyclic amines) is 1. The second-order valence-electron chi connectivity index (χ2n) is 4.81. The predicted octanol–water partition coefficient (Wildman–Crippen LogP) is 3.02. The van der Waals surface area contributed by atoms with E-state index in [2.05, 4.69) is 6.92 Å². The number of ether oxygens (including phenoxy) is 1. The van der Waals surface area contributed by atoms with E-state index in [0.29, 0.717) is 25.1 Å². The molecule has 0 N–H and O–H groups in total. The molecule has 4 heteroatoms. The van der Waals surface area contributed by atoms with Crippen LogP contribution in [0.1, 0.15) is 32.6 Å². The lowest BCUT2D eigenvalue weighted by atomic mass is 9.98. The first-order valence-corrected chi connectivity index (χ1v) is 6.76. The number of hydrogen-bond acceptors (Lipinski definition) is 3. The number of nitrogens with zero attached hydrogens (tertiary/aromatic N) is 1. The van der Waals surface area contributed by atoms with Gasteiger partial charge in [0.2, 0.25) is 0 Å². The molecule has 1 amide bonds. The van der Waals surface area contributed by atoms with Crippen LogP contribution in [0.2, 0.25) is 0 Å². The summed E-state index contributed by atoms with van der Waals surface area (Å²) >= 11 is 0. The van der Waals surface area contributed by atoms with Crippen LogP contribution < -0.4 is 4.74 Å². The summed E-state index contributed by atoms with van der Waals surface area (Å²) in [6.07, 6.45) is 2.34. The molecule has 2 rings (SSSR count). The van der Waals surface area contributed by atoms with Crippen LogP contribution in [0.4, 0.5) is 4.79 Å². The van der Waals surface area contributed by atoms with E-state index < -0.39 is 0 Å². The third kappa shape index (κ3) is 3.56. The molecule has 1 aromatic rings. The zero-order valence-corrected chi connectivity index (χ0v) is 11.2. The van der Waals surface area contributed by atoms with Gasteiger partial charge in [0.1, 0.15) is 11.5 Å². The predicted molar refractivity (Wildman–Crippen MR) is 72.1 cm³/mol. The maximum absolute atomic E-state index is 12.2. The lowest BCUT2D eigenvalue weighted by Gasteiger charge is -2.34. The Hall–Kier alpha value is -1.84. The molecule has 0 aliphatic carbocycles. The van der Waals surface area contributed by atoms with Crippen LogP contribution >= 0.6 is 0 Å². The standard InChI is InChI=1S/C15H19NO3/c1-2-6-12-11-13(17)9-10-16(12)15(18)19-14-7-4-3-5-8-14/h3-5,7-8,12H,2,6,9-11H2,1H3. The Kier molecular flexibility index (Phi) is 4.55. The minimum absolute atomic E-state index is 0.0116. The fraction of sp³-hybridized carbons (Fsp3) is 0.467. The van der Waals surface area contributed by atoms with Crippen molar-refractivity contribution in [2.75, 3.05) is 6.54 Å². The molecule has 1 unspecified atom stereocenters. The number of Topliss-reactive ketones (excluding diaryl/α,β-unsaturated/α-hetero) is 1. The monoisotopic (exact) mass is 261 g/mol. The van der Waals surface area contributed by atoms with Gasteiger partial charge in [-0.2, -0.15) is 0 Å². The van der Waals surface area contributed by atoms with E-state index in [4.69, 9.17) is 4.74 Å². The van der Waals surface area contributed by atoms with E-state index in [9.17, 15) is 9.59 Å². The summed E-state index contributed by atoms with van der Waals surface area (Å²) in [4.78, 5) is 25.3. The average Bonchev–Trinajstić information content (AvgIpc) is 2.40. The first-order valence-electron chi connectivity index (χ1n) is 6.76. The number of amides is 1. The molecular formula is C15H19NO3. The summed E-state index contributed by atoms with van der Waals surface area (Å²) in [5, 5.41) is 0. The largest absolute Gasteiger partial charge is 0.415 e. The van der Waals surface area contributed by atoms with E-state index in [1.807, 2.05) is 18.2 Å². The number of ketones is 1. The summed E-state index contributed by atoms with van der Waals surface area (Å²) in [6.45, 7) is 2.52. The normalized spacial score (nSPS) is 19.3. The van der Waals surface area contributed by atoms with Gasteiger partial charge in [0.05, 0.1) is 0 Å². The summed E-state index contributed by atoms with van der Waals surface area (Å²) in [7, 11) is 0. The van der Waals surface area contributed by atoms with Crippen LogP contribution in [-0.4, -0.2) is 29.4 Å². The molecule has 1 atom stereocenters. The second-order valence-corrected chi connectivity index (χ2v) is 4.81. The smallest absolute Gasteiger partial charge is 0.410 e. The Balaban J connectivity index is 2.02. The van der Waals surface area contributed by atoms with Crippen molar-refractivity contribution in [3.63, 3.8) is 0 Å². The van der Waals surface area contributed by atoms with Crippen molar-refractivity contribution in [3.05, 3.63) is 30.3 Å². The van der Waals surface area contributed by atoms with Crippen molar-refractivity contribution < 1.29 is 14.3 Å². The molecule has 0 bridgehead atoms. The fourth-order valence-corrected chi connectivity index (χ4v) is 2.38. The zero-order valence-electron chi connectivity index (χ0n) is 11.2. The number of benzene rings is 1. The van der Waals surface area contributed by atoms with Crippen molar-refractivity contribution in [2.24, 2.45) is 0 Å². The first kappa shape index (κ1) is 13.6. The van der Waals surface area contributed by atoms with E-state index in [-0.39, 0.29) is 17.9 Å². The van der Waals surface area contributed by atoms with Crippen molar-refractivity contribution in [1.29, 1.82) is 0 Å². The highest BCUT2D eigenvalue weighted by atomic mass is 16.6. The lowest BCUT2D eigenvalue weighted by Crippen LogP contribution is -2.47. The van der Waals surface area contributed by atoms with Gasteiger partial charge < -0.3 is 9.64 Å². The van der Waals surface area contributed by atoms with Gasteiger partial charge in [-0.25, -0.2) is 4.79 Å². The van der Waals surface area contributed by atoms with Gasteiger partial charge in [-0.3, -0.25) is 4.79 Å². The fourth-order valence-electron chi connectivity index (χ4n) is 2.38. The summed E-state index contributed by atoms with van der Waals surface area (Å²) < 4.78 is 5.34. The number of hydrogen-bond donors (Lipinski definition) is 0. The van der Waals surface area contributed by atoms with E-state index in [1.54, 1.807) is 17.0 Å². The molecule has 1 fully saturated rings. The molecule has 102 valence electrons. The van der Waals surface area contributed by atoms with Crippen LogP contribution in [0.15, 0.2) is 30.3 Å². The topological polar surface area (TPSA) is 46.6 Å². The van der Waals surface area contributed by atoms with Gasteiger partial charge in [-0.15, -0.1) is 0 Å². The van der Waals surface area contributed by atoms with Crippen LogP contribution in [0, 0.1) is 0 Å². The lowest BCUT2D eigenvalue weighted by molar-refractivity contribution is -0.122. The Bertz CT molecular complexity index is 444. The van der Waals surface area contributed by atoms with Crippen molar-refractivity contribution >= 4 is 11.9 Å². The third-order valence-electron chi connectivity index (χ3n) is 3.34. The van der Waals surface area contributed by atoms with E-state index in [1.165, 1.54) is 0 Å². The molecule has 1 aliphatic heterocycles. The second kappa shape index (κ2) is 6.36. The number of carbonyl (C=O) groups is 2. The Labute approximate surface area is 113 Å². The highest BCUT2D eigenvalue weighted by Crippen LogP contribution is 2.20. The van der Waals surface area contributed by atoms with Crippen LogP contribution in [-0.2, 0) is 4.79 Å². The van der Waals surface area contributed by atoms with Crippen molar-refractivity contribution in [1.82, 2.24) is 4.90 Å². The highest BCUT2D eigenvalue weighted by Gasteiger charge is 2.31. The van der Waals surface area contributed by atoms with Crippen LogP contribution in [0.3, 0.4) is 0 Å². The van der Waals surface area contributed by atoms with Gasteiger partial charge in [0.15, 0.2) is 0 Å². The molecule has 0 aromatic heterocycles. The van der Waals surface area contributed by atoms with Gasteiger partial charge in [-0.05, 0) is 18.6 Å². The molecule has 1 saturated heterocycles. The molecule has 1 aliphatic rings. The maximum Gasteiger partial charge on any atom is 0.415 e. The van der Waals surface area contributed by atoms with Gasteiger partial charge in [0, 0.05) is 25.4 Å². The molecule has 0 saturated carbocycles. The SMILES string of the molecule is CCCC1CC(=O)CCN1C(=O)Oc1ccccc1. The Morgan fingerprint density at radius 2 is 2.11 bits per heavy atom. The van der Waals surface area contributed by atoms with Crippen molar-refractivity contribution in [3.8, 4) is 5.75 Å². The number of rotatable bonds is 3. The Morgan fingerprint density at radius 1 is 1.37 bits per heavy atom. The van der Waals surface area contributed by atoms with Crippen molar-refractivity contribution in [2.45, 2.75) is 38.6 Å². The van der Waals surface area contributed by atoms with Crippen LogP contribution in [0.25, 0.3) is 0 Å². The highest BCUT2D eigenvalue weighted by molar-refractivity contribution is 5.82. The van der Waals surface area contributed by atoms with Crippen LogP contribution in [0.5, 0.6) is 5.75 Å². The molecular weight excluding hydrogens is 242 g/mol. The summed E-state index contributed by atoms with van der Waals surface area (Å²) in [5.74, 6) is 0.779. The maximum atomic E-state index is 12.2. The van der Waals surface area contributed by atoms with E-state index in [0.717, 1.165) is 12.8 Å². The minimum Gasteiger partial charge on any atom is -0.410 e. The number of para-hydroxylation sites is 1. The molecule has 0 spiro atoms. The zero-order chi connectivity index (χ0) is 13.7. The number of carbonyl (C=O) groups excluding carboxylic acids is 2. The van der Waals surface area contributed by atoms with Gasteiger partial charge >= 0.3 is 6.09 Å². The first-order chi connectivity index (χ1) is 9.20. The quantitative estimate of drug-likeness (QED) is 0.840. The summed E-state index contributed by atoms with van der Waals surface area (Å²) in [5.41, 5.74) is 0. The molecule has 19 heavy (non-hydrogen) atoms. The molecule has 0 radical (unpaired) electrons. The Morgan fingerprint density at radius 3 is 2.79 bits per heavy atom. The molecule has 4 nitrogen and oxygen atoms in total. The molecule has 1 aromatic carbocycles. The molecule has 1 heterocycles. The van der Waals surface area contributed by atoms with E-state index >= 15 is 0 Å². The average molecular weight is 261 g/mol. The van der Waals surface area contributed by atoms with Gasteiger partial charge in [0.25, 0.3) is 0 Å². The number of piperidine rings is 1. The summed E-state index contributed by atoms with van der Waals surface area (Å²) in [6, 6.07) is 9.01. The minimum atomic E-state index is -0.350.